The van der Waals surface area contributed by atoms with Crippen molar-refractivity contribution in [3.63, 3.8) is 0 Å². The van der Waals surface area contributed by atoms with Gasteiger partial charge in [-0.2, -0.15) is 0 Å². The average Bonchev–Trinajstić information content (AvgIpc) is 2.68. The van der Waals surface area contributed by atoms with E-state index in [0.717, 1.165) is 0 Å². The van der Waals surface area contributed by atoms with E-state index in [1.165, 1.54) is 0 Å². The molecule has 0 aliphatic carbocycles. The summed E-state index contributed by atoms with van der Waals surface area (Å²) in [5.74, 6) is 0.992. The molecule has 3 aromatic rings. The first-order chi connectivity index (χ1) is 13.0. The second kappa shape index (κ2) is 6.79. The summed E-state index contributed by atoms with van der Waals surface area (Å²) in [6.07, 6.45) is 1.63. The maximum Gasteiger partial charge on any atom is 0.258 e. The molecule has 0 spiro atoms. The van der Waals surface area contributed by atoms with Gasteiger partial charge in [-0.3, -0.25) is 9.59 Å². The Morgan fingerprint density at radius 3 is 2.48 bits per heavy atom. The number of hydrogen-bond donors (Lipinski definition) is 1. The number of pyridine rings is 1. The van der Waals surface area contributed by atoms with Crippen LogP contribution >= 0.6 is 0 Å². The summed E-state index contributed by atoms with van der Waals surface area (Å²) in [6.45, 7) is 4.83. The number of carbonyl (C=O) groups excluding carboxylic acids is 1. The van der Waals surface area contributed by atoms with Gasteiger partial charge in [-0.05, 0) is 32.0 Å². The molecule has 1 N–H and O–H groups in total. The molecule has 6 heteroatoms. The maximum atomic E-state index is 13.0. The molecule has 138 valence electrons. The summed E-state index contributed by atoms with van der Waals surface area (Å²) in [5, 5.41) is 4.06. The third-order valence-corrected chi connectivity index (χ3v) is 4.55. The van der Waals surface area contributed by atoms with Crippen LogP contribution < -0.4 is 20.3 Å². The summed E-state index contributed by atoms with van der Waals surface area (Å²) in [6, 6.07) is 12.4. The van der Waals surface area contributed by atoms with Gasteiger partial charge in [0.25, 0.3) is 11.5 Å². The summed E-state index contributed by atoms with van der Waals surface area (Å²) in [5.41, 5.74) is 0.959. The molecular formula is C21H20N2O4. The fraction of sp³-hybridized carbons (Fsp3) is 0.238. The van der Waals surface area contributed by atoms with E-state index in [-0.39, 0.29) is 17.5 Å². The van der Waals surface area contributed by atoms with E-state index in [1.54, 1.807) is 47.2 Å². The summed E-state index contributed by atoms with van der Waals surface area (Å²) in [4.78, 5) is 25.6. The second-order valence-electron chi connectivity index (χ2n) is 6.71. The van der Waals surface area contributed by atoms with E-state index in [4.69, 9.17) is 9.47 Å². The van der Waals surface area contributed by atoms with Crippen LogP contribution in [-0.4, -0.2) is 23.7 Å². The maximum absolute atomic E-state index is 13.0. The molecule has 27 heavy (non-hydrogen) atoms. The van der Waals surface area contributed by atoms with E-state index >= 15 is 0 Å². The molecule has 0 saturated heterocycles. The Bertz CT molecular complexity index is 1090. The lowest BCUT2D eigenvalue weighted by Crippen LogP contribution is -2.25. The van der Waals surface area contributed by atoms with Gasteiger partial charge in [-0.15, -0.1) is 0 Å². The highest BCUT2D eigenvalue weighted by Gasteiger charge is 2.17. The number of nitrogens with one attached hydrogen (secondary N) is 1. The third kappa shape index (κ3) is 3.14. The number of benzene rings is 2. The molecular weight excluding hydrogens is 344 g/mol. The molecule has 2 heterocycles. The van der Waals surface area contributed by atoms with Crippen molar-refractivity contribution in [3.05, 3.63) is 64.6 Å². The van der Waals surface area contributed by atoms with Crippen LogP contribution in [0.3, 0.4) is 0 Å². The van der Waals surface area contributed by atoms with Crippen molar-refractivity contribution >= 4 is 22.4 Å². The molecule has 4 rings (SSSR count). The SMILES string of the molecule is CC(C)n1cc(C(=O)Nc2ccc3c(c2)OCCO3)c2ccccc2c1=O. The van der Waals surface area contributed by atoms with Crippen molar-refractivity contribution in [2.24, 2.45) is 0 Å². The summed E-state index contributed by atoms with van der Waals surface area (Å²) < 4.78 is 12.7. The van der Waals surface area contributed by atoms with Crippen molar-refractivity contribution < 1.29 is 14.3 Å². The van der Waals surface area contributed by atoms with E-state index in [1.807, 2.05) is 19.9 Å². The predicted molar refractivity (Wildman–Crippen MR) is 104 cm³/mol. The zero-order chi connectivity index (χ0) is 19.0. The van der Waals surface area contributed by atoms with Gasteiger partial charge in [0.1, 0.15) is 13.2 Å². The third-order valence-electron chi connectivity index (χ3n) is 4.55. The quantitative estimate of drug-likeness (QED) is 0.771. The molecule has 0 bridgehead atoms. The Kier molecular flexibility index (Phi) is 4.32. The standard InChI is InChI=1S/C21H20N2O4/c1-13(2)23-12-17(15-5-3-4-6-16(15)21(23)25)20(24)22-14-7-8-18-19(11-14)27-10-9-26-18/h3-8,11-13H,9-10H2,1-2H3,(H,22,24). The molecule has 0 atom stereocenters. The molecule has 0 fully saturated rings. The lowest BCUT2D eigenvalue weighted by Gasteiger charge is -2.19. The largest absolute Gasteiger partial charge is 0.486 e. The van der Waals surface area contributed by atoms with Gasteiger partial charge >= 0.3 is 0 Å². The highest BCUT2D eigenvalue weighted by Crippen LogP contribution is 2.32. The van der Waals surface area contributed by atoms with Gasteiger partial charge in [0.2, 0.25) is 0 Å². The molecule has 0 radical (unpaired) electrons. The summed E-state index contributed by atoms with van der Waals surface area (Å²) >= 11 is 0. The van der Waals surface area contributed by atoms with Gasteiger partial charge < -0.3 is 19.4 Å². The number of amides is 1. The Morgan fingerprint density at radius 2 is 1.74 bits per heavy atom. The van der Waals surface area contributed by atoms with Crippen LogP contribution in [0.15, 0.2) is 53.5 Å². The van der Waals surface area contributed by atoms with Crippen LogP contribution in [-0.2, 0) is 0 Å². The molecule has 0 unspecified atom stereocenters. The fourth-order valence-corrected chi connectivity index (χ4v) is 3.19. The lowest BCUT2D eigenvalue weighted by molar-refractivity contribution is 0.102. The van der Waals surface area contributed by atoms with Crippen molar-refractivity contribution in [2.45, 2.75) is 19.9 Å². The van der Waals surface area contributed by atoms with Gasteiger partial charge in [0.05, 0.1) is 5.56 Å². The molecule has 6 nitrogen and oxygen atoms in total. The number of rotatable bonds is 3. The molecule has 1 aliphatic heterocycles. The van der Waals surface area contributed by atoms with Crippen molar-refractivity contribution in [1.82, 2.24) is 4.57 Å². The van der Waals surface area contributed by atoms with Crippen molar-refractivity contribution in [1.29, 1.82) is 0 Å². The van der Waals surface area contributed by atoms with E-state index in [2.05, 4.69) is 5.32 Å². The number of aromatic nitrogens is 1. The number of anilines is 1. The lowest BCUT2D eigenvalue weighted by atomic mass is 10.1. The first-order valence-electron chi connectivity index (χ1n) is 8.89. The van der Waals surface area contributed by atoms with Gasteiger partial charge in [0.15, 0.2) is 11.5 Å². The average molecular weight is 364 g/mol. The van der Waals surface area contributed by atoms with Crippen LogP contribution in [0.4, 0.5) is 5.69 Å². The van der Waals surface area contributed by atoms with Crippen LogP contribution in [0, 0.1) is 0 Å². The topological polar surface area (TPSA) is 69.6 Å². The van der Waals surface area contributed by atoms with Gasteiger partial charge in [-0.1, -0.05) is 18.2 Å². The highest BCUT2D eigenvalue weighted by atomic mass is 16.6. The van der Waals surface area contributed by atoms with E-state index in [0.29, 0.717) is 46.7 Å². The van der Waals surface area contributed by atoms with Gasteiger partial charge in [0, 0.05) is 34.8 Å². The van der Waals surface area contributed by atoms with Crippen LogP contribution in [0.1, 0.15) is 30.2 Å². The Balaban J connectivity index is 1.74. The fourth-order valence-electron chi connectivity index (χ4n) is 3.19. The minimum absolute atomic E-state index is 0.0528. The minimum atomic E-state index is -0.280. The van der Waals surface area contributed by atoms with Crippen LogP contribution in [0.5, 0.6) is 11.5 Å². The zero-order valence-corrected chi connectivity index (χ0v) is 15.2. The molecule has 1 aliphatic rings. The van der Waals surface area contributed by atoms with Crippen LogP contribution in [0.25, 0.3) is 10.8 Å². The molecule has 1 aromatic heterocycles. The predicted octanol–water partition coefficient (Wildman–Crippen LogP) is 3.61. The smallest absolute Gasteiger partial charge is 0.258 e. The second-order valence-corrected chi connectivity index (χ2v) is 6.71. The summed E-state index contributed by atoms with van der Waals surface area (Å²) in [7, 11) is 0. The highest BCUT2D eigenvalue weighted by molar-refractivity contribution is 6.12. The number of hydrogen-bond acceptors (Lipinski definition) is 4. The van der Waals surface area contributed by atoms with E-state index in [9.17, 15) is 9.59 Å². The van der Waals surface area contributed by atoms with Gasteiger partial charge in [-0.25, -0.2) is 0 Å². The van der Waals surface area contributed by atoms with E-state index < -0.39 is 0 Å². The number of carbonyl (C=O) groups is 1. The normalized spacial score (nSPS) is 13.0. The Morgan fingerprint density at radius 1 is 1.04 bits per heavy atom. The Hall–Kier alpha value is -3.28. The van der Waals surface area contributed by atoms with Crippen molar-refractivity contribution in [2.75, 3.05) is 18.5 Å². The Labute approximate surface area is 156 Å². The van der Waals surface area contributed by atoms with Crippen molar-refractivity contribution in [3.8, 4) is 11.5 Å². The number of fused-ring (bicyclic) bond motifs is 2. The minimum Gasteiger partial charge on any atom is -0.486 e. The monoisotopic (exact) mass is 364 g/mol. The number of nitrogens with zero attached hydrogens (tertiary/aromatic N) is 1. The first-order valence-corrected chi connectivity index (χ1v) is 8.89. The van der Waals surface area contributed by atoms with Crippen LogP contribution in [0.2, 0.25) is 0 Å². The first kappa shape index (κ1) is 17.1. The molecule has 1 amide bonds. The molecule has 0 saturated carbocycles. The molecule has 2 aromatic carbocycles. The zero-order valence-electron chi connectivity index (χ0n) is 15.2. The number of ether oxygens (including phenoxy) is 2.